The minimum Gasteiger partial charge on any atom is -0.394 e. The third kappa shape index (κ3) is 24.6. The zero-order valence-corrected chi connectivity index (χ0v) is 32.6. The Labute approximate surface area is 311 Å². The second kappa shape index (κ2) is 33.3. The van der Waals surface area contributed by atoms with Crippen LogP contribution in [-0.2, 0) is 14.3 Å². The second-order valence-corrected chi connectivity index (χ2v) is 14.8. The molecule has 6 N–H and O–H groups in total. The predicted octanol–water partition coefficient (Wildman–Crippen LogP) is 7.94. The van der Waals surface area contributed by atoms with Crippen LogP contribution in [0, 0.1) is 0 Å². The van der Waals surface area contributed by atoms with E-state index in [4.69, 9.17) is 9.47 Å². The van der Waals surface area contributed by atoms with Crippen LogP contribution in [0.5, 0.6) is 0 Å². The molecule has 0 aliphatic carbocycles. The maximum Gasteiger partial charge on any atom is 0.220 e. The maximum atomic E-state index is 12.9. The van der Waals surface area contributed by atoms with Crippen molar-refractivity contribution in [2.45, 2.75) is 224 Å². The highest BCUT2D eigenvalue weighted by Gasteiger charge is 2.44. The first-order chi connectivity index (χ1) is 24.8. The number of rotatable bonds is 34. The van der Waals surface area contributed by atoms with Gasteiger partial charge in [0.25, 0.3) is 0 Å². The van der Waals surface area contributed by atoms with Crippen LogP contribution >= 0.6 is 0 Å². The highest BCUT2D eigenvalue weighted by atomic mass is 16.7. The standard InChI is InChI=1S/C42H79NO8/c1-3-5-7-9-11-13-15-17-18-20-22-24-26-28-30-32-38(46)43-35(34-50-42-41(49)40(48)39(47)37(33-44)51-42)36(45)31-29-27-25-23-21-19-16-14-12-10-8-6-4-2/h21,23,29,31,35-37,39-42,44-45,47-49H,3-20,22,24-28,30,32-34H2,1-2H3,(H,43,46)/b23-21+,31-29+/t35-,36+,37-,39-,40?,41?,42-/m0/s1. The molecule has 51 heavy (non-hydrogen) atoms. The van der Waals surface area contributed by atoms with Gasteiger partial charge in [-0.2, -0.15) is 0 Å². The first-order valence-corrected chi connectivity index (χ1v) is 21.1. The van der Waals surface area contributed by atoms with E-state index in [2.05, 4.69) is 31.3 Å². The fourth-order valence-corrected chi connectivity index (χ4v) is 6.58. The zero-order valence-electron chi connectivity index (χ0n) is 32.6. The van der Waals surface area contributed by atoms with Crippen molar-refractivity contribution >= 4 is 5.91 Å². The van der Waals surface area contributed by atoms with Crippen LogP contribution in [0.15, 0.2) is 24.3 Å². The Balaban J connectivity index is 2.42. The molecule has 1 fully saturated rings. The molecule has 2 unspecified atom stereocenters. The lowest BCUT2D eigenvalue weighted by molar-refractivity contribution is -0.302. The fourth-order valence-electron chi connectivity index (χ4n) is 6.58. The number of hydrogen-bond acceptors (Lipinski definition) is 8. The number of ether oxygens (including phenoxy) is 2. The van der Waals surface area contributed by atoms with Gasteiger partial charge in [-0.3, -0.25) is 4.79 Å². The Morgan fingerprint density at radius 2 is 1.12 bits per heavy atom. The SMILES string of the molecule is CCCCCCCCC/C=C/CC/C=C/[C@@H](O)[C@H](CO[C@H]1O[C@@H](CO)[C@H](O)C(O)C1O)NC(=O)CCCCCCCCCCCCCCCCC. The molecular formula is C42H79NO8. The van der Waals surface area contributed by atoms with E-state index >= 15 is 0 Å². The van der Waals surface area contributed by atoms with Crippen molar-refractivity contribution in [3.63, 3.8) is 0 Å². The molecule has 1 heterocycles. The van der Waals surface area contributed by atoms with Crippen LogP contribution in [0.4, 0.5) is 0 Å². The molecule has 1 amide bonds. The first kappa shape index (κ1) is 47.7. The summed E-state index contributed by atoms with van der Waals surface area (Å²) in [5.74, 6) is -0.187. The minimum atomic E-state index is -1.57. The van der Waals surface area contributed by atoms with Crippen LogP contribution < -0.4 is 5.32 Å². The molecule has 1 rings (SSSR count). The number of allylic oxidation sites excluding steroid dienone is 3. The Bertz CT molecular complexity index is 853. The van der Waals surface area contributed by atoms with Gasteiger partial charge in [0.05, 0.1) is 25.4 Å². The summed E-state index contributed by atoms with van der Waals surface area (Å²) >= 11 is 0. The zero-order chi connectivity index (χ0) is 37.4. The largest absolute Gasteiger partial charge is 0.394 e. The van der Waals surface area contributed by atoms with Crippen LogP contribution in [0.1, 0.15) is 181 Å². The van der Waals surface area contributed by atoms with Gasteiger partial charge in [-0.1, -0.05) is 167 Å². The quantitative estimate of drug-likeness (QED) is 0.0289. The summed E-state index contributed by atoms with van der Waals surface area (Å²) in [4.78, 5) is 12.9. The van der Waals surface area contributed by atoms with Gasteiger partial charge >= 0.3 is 0 Å². The van der Waals surface area contributed by atoms with Crippen molar-refractivity contribution in [1.29, 1.82) is 0 Å². The lowest BCUT2D eigenvalue weighted by Crippen LogP contribution is -2.60. The molecule has 0 aromatic rings. The van der Waals surface area contributed by atoms with Gasteiger partial charge in [0.2, 0.25) is 5.91 Å². The third-order valence-corrected chi connectivity index (χ3v) is 10.0. The summed E-state index contributed by atoms with van der Waals surface area (Å²) in [5.41, 5.74) is 0. The number of carbonyl (C=O) groups excluding carboxylic acids is 1. The molecule has 0 aromatic heterocycles. The Hall–Kier alpha value is -1.33. The fraction of sp³-hybridized carbons (Fsp3) is 0.881. The molecule has 0 bridgehead atoms. The summed E-state index contributed by atoms with van der Waals surface area (Å²) in [6, 6.07) is -0.815. The summed E-state index contributed by atoms with van der Waals surface area (Å²) in [6.45, 7) is 3.73. The lowest BCUT2D eigenvalue weighted by Gasteiger charge is -2.40. The monoisotopic (exact) mass is 726 g/mol. The van der Waals surface area contributed by atoms with Crippen LogP contribution in [0.25, 0.3) is 0 Å². The van der Waals surface area contributed by atoms with Crippen LogP contribution in [0.3, 0.4) is 0 Å². The number of aliphatic hydroxyl groups is 5. The molecule has 0 saturated carbocycles. The minimum absolute atomic E-state index is 0.187. The highest BCUT2D eigenvalue weighted by molar-refractivity contribution is 5.76. The van der Waals surface area contributed by atoms with E-state index in [0.29, 0.717) is 6.42 Å². The van der Waals surface area contributed by atoms with Gasteiger partial charge in [-0.15, -0.1) is 0 Å². The molecule has 0 radical (unpaired) electrons. The van der Waals surface area contributed by atoms with E-state index in [-0.39, 0.29) is 12.5 Å². The highest BCUT2D eigenvalue weighted by Crippen LogP contribution is 2.22. The number of aliphatic hydroxyl groups excluding tert-OH is 5. The number of hydrogen-bond donors (Lipinski definition) is 6. The van der Waals surface area contributed by atoms with E-state index in [1.54, 1.807) is 6.08 Å². The van der Waals surface area contributed by atoms with Crippen LogP contribution in [-0.4, -0.2) is 87.5 Å². The van der Waals surface area contributed by atoms with Gasteiger partial charge in [-0.25, -0.2) is 0 Å². The smallest absolute Gasteiger partial charge is 0.220 e. The third-order valence-electron chi connectivity index (χ3n) is 10.0. The molecule has 0 spiro atoms. The maximum absolute atomic E-state index is 12.9. The van der Waals surface area contributed by atoms with Crippen molar-refractivity contribution in [2.75, 3.05) is 13.2 Å². The Morgan fingerprint density at radius 1 is 0.647 bits per heavy atom. The van der Waals surface area contributed by atoms with Gasteiger partial charge in [-0.05, 0) is 32.1 Å². The molecule has 7 atom stereocenters. The topological polar surface area (TPSA) is 149 Å². The Morgan fingerprint density at radius 3 is 1.65 bits per heavy atom. The molecule has 1 aliphatic heterocycles. The predicted molar refractivity (Wildman–Crippen MR) is 207 cm³/mol. The van der Waals surface area contributed by atoms with Crippen molar-refractivity contribution in [3.05, 3.63) is 24.3 Å². The van der Waals surface area contributed by atoms with Gasteiger partial charge in [0.1, 0.15) is 24.4 Å². The number of carbonyl (C=O) groups is 1. The molecule has 300 valence electrons. The summed E-state index contributed by atoms with van der Waals surface area (Å²) in [6.07, 6.45) is 30.7. The van der Waals surface area contributed by atoms with E-state index in [1.165, 1.54) is 122 Å². The van der Waals surface area contributed by atoms with Gasteiger partial charge < -0.3 is 40.3 Å². The van der Waals surface area contributed by atoms with Gasteiger partial charge in [0, 0.05) is 6.42 Å². The number of unbranched alkanes of at least 4 members (excludes halogenated alkanes) is 22. The summed E-state index contributed by atoms with van der Waals surface area (Å²) in [7, 11) is 0. The number of amides is 1. The van der Waals surface area contributed by atoms with E-state index in [9.17, 15) is 30.3 Å². The average Bonchev–Trinajstić information content (AvgIpc) is 3.13. The van der Waals surface area contributed by atoms with Gasteiger partial charge in [0.15, 0.2) is 6.29 Å². The van der Waals surface area contributed by atoms with E-state index in [1.807, 2.05) is 6.08 Å². The van der Waals surface area contributed by atoms with E-state index in [0.717, 1.165) is 38.5 Å². The van der Waals surface area contributed by atoms with Crippen molar-refractivity contribution in [3.8, 4) is 0 Å². The van der Waals surface area contributed by atoms with Crippen LogP contribution in [0.2, 0.25) is 0 Å². The summed E-state index contributed by atoms with van der Waals surface area (Å²) < 4.78 is 11.2. The molecule has 0 aromatic carbocycles. The van der Waals surface area contributed by atoms with Crippen molar-refractivity contribution in [1.82, 2.24) is 5.32 Å². The average molecular weight is 726 g/mol. The van der Waals surface area contributed by atoms with Crippen molar-refractivity contribution in [2.24, 2.45) is 0 Å². The lowest BCUT2D eigenvalue weighted by atomic mass is 9.99. The molecule has 1 saturated heterocycles. The Kier molecular flexibility index (Phi) is 31.1. The first-order valence-electron chi connectivity index (χ1n) is 21.1. The number of nitrogens with one attached hydrogen (secondary N) is 1. The second-order valence-electron chi connectivity index (χ2n) is 14.8. The van der Waals surface area contributed by atoms with E-state index < -0.39 is 49.5 Å². The normalized spacial score (nSPS) is 22.2. The molecular weight excluding hydrogens is 646 g/mol. The summed E-state index contributed by atoms with van der Waals surface area (Å²) in [5, 5.41) is 54.0. The molecule has 9 nitrogen and oxygen atoms in total. The molecule has 1 aliphatic rings. The molecule has 9 heteroatoms. The van der Waals surface area contributed by atoms with Crippen molar-refractivity contribution < 1.29 is 39.8 Å².